The summed E-state index contributed by atoms with van der Waals surface area (Å²) in [5.74, 6) is -1.14. The Morgan fingerprint density at radius 3 is 2.74 bits per heavy atom. The Balaban J connectivity index is 2.06. The van der Waals surface area contributed by atoms with Crippen LogP contribution >= 0.6 is 0 Å². The van der Waals surface area contributed by atoms with Gasteiger partial charge in [-0.2, -0.15) is 0 Å². The molecule has 0 aliphatic carbocycles. The molecule has 114 valence electrons. The van der Waals surface area contributed by atoms with Crippen molar-refractivity contribution in [1.82, 2.24) is 10.3 Å². The fourth-order valence-corrected chi connectivity index (χ4v) is 3.26. The summed E-state index contributed by atoms with van der Waals surface area (Å²) in [6.45, 7) is 4.44. The van der Waals surface area contributed by atoms with E-state index < -0.39 is 11.6 Å². The molecule has 2 heterocycles. The van der Waals surface area contributed by atoms with Crippen LogP contribution in [0, 0.1) is 11.6 Å². The maximum atomic E-state index is 14.2. The monoisotopic (exact) mass is 308 g/mol. The highest BCUT2D eigenvalue weighted by molar-refractivity contribution is 5.99. The van der Waals surface area contributed by atoms with Crippen molar-refractivity contribution in [2.45, 2.75) is 6.42 Å². The second kappa shape index (κ2) is 5.11. The minimum absolute atomic E-state index is 0.384. The van der Waals surface area contributed by atoms with Gasteiger partial charge >= 0.3 is 0 Å². The lowest BCUT2D eigenvalue weighted by Crippen LogP contribution is -2.12. The predicted molar refractivity (Wildman–Crippen MR) is 87.9 cm³/mol. The molecule has 0 spiro atoms. The van der Waals surface area contributed by atoms with Crippen LogP contribution in [0.4, 0.5) is 8.78 Å². The second-order valence-corrected chi connectivity index (χ2v) is 5.56. The summed E-state index contributed by atoms with van der Waals surface area (Å²) >= 11 is 0. The van der Waals surface area contributed by atoms with Crippen molar-refractivity contribution in [3.05, 3.63) is 71.5 Å². The van der Waals surface area contributed by atoms with Crippen molar-refractivity contribution >= 4 is 16.6 Å². The molecule has 23 heavy (non-hydrogen) atoms. The van der Waals surface area contributed by atoms with Gasteiger partial charge in [0.05, 0.1) is 11.4 Å². The molecule has 1 aliphatic heterocycles. The van der Waals surface area contributed by atoms with Crippen molar-refractivity contribution in [2.75, 3.05) is 6.54 Å². The van der Waals surface area contributed by atoms with Gasteiger partial charge in [-0.1, -0.05) is 18.7 Å². The summed E-state index contributed by atoms with van der Waals surface area (Å²) in [6.07, 6.45) is 0.730. The molecule has 0 atom stereocenters. The van der Waals surface area contributed by atoms with Gasteiger partial charge in [0.25, 0.3) is 0 Å². The minimum atomic E-state index is -0.576. The summed E-state index contributed by atoms with van der Waals surface area (Å²) in [5.41, 5.74) is 7.81. The number of aromatic nitrogens is 1. The summed E-state index contributed by atoms with van der Waals surface area (Å²) < 4.78 is 27.4. The van der Waals surface area contributed by atoms with E-state index in [0.717, 1.165) is 40.2 Å². The molecule has 0 bridgehead atoms. The van der Waals surface area contributed by atoms with Gasteiger partial charge in [0.15, 0.2) is 0 Å². The van der Waals surface area contributed by atoms with E-state index in [9.17, 15) is 8.78 Å². The Morgan fingerprint density at radius 1 is 1.09 bits per heavy atom. The number of hydrogen-bond donors (Lipinski definition) is 2. The van der Waals surface area contributed by atoms with E-state index in [1.165, 1.54) is 12.1 Å². The number of hydrogen-bond acceptors (Lipinski definition) is 1. The zero-order valence-electron chi connectivity index (χ0n) is 12.3. The highest BCUT2D eigenvalue weighted by atomic mass is 19.1. The summed E-state index contributed by atoms with van der Waals surface area (Å²) in [7, 11) is 0. The Labute approximate surface area is 132 Å². The third-order valence-electron chi connectivity index (χ3n) is 4.25. The minimum Gasteiger partial charge on any atom is -0.378 e. The van der Waals surface area contributed by atoms with E-state index in [1.807, 2.05) is 18.2 Å². The lowest BCUT2D eigenvalue weighted by Gasteiger charge is -2.06. The first-order valence-corrected chi connectivity index (χ1v) is 7.42. The van der Waals surface area contributed by atoms with Crippen LogP contribution in [0.2, 0.25) is 0 Å². The molecule has 0 saturated carbocycles. The summed E-state index contributed by atoms with van der Waals surface area (Å²) in [5, 5.41) is 4.35. The van der Waals surface area contributed by atoms with Gasteiger partial charge in [0, 0.05) is 34.6 Å². The number of benzene rings is 2. The number of nitrogens with one attached hydrogen (secondary N) is 2. The fourth-order valence-electron chi connectivity index (χ4n) is 3.26. The Morgan fingerprint density at radius 2 is 1.96 bits per heavy atom. The molecular weight excluding hydrogens is 294 g/mol. The molecule has 0 amide bonds. The van der Waals surface area contributed by atoms with E-state index in [1.54, 1.807) is 0 Å². The highest BCUT2D eigenvalue weighted by Gasteiger charge is 2.21. The largest absolute Gasteiger partial charge is 0.378 e. The predicted octanol–water partition coefficient (Wildman–Crippen LogP) is 4.38. The maximum Gasteiger partial charge on any atom is 0.135 e. The van der Waals surface area contributed by atoms with E-state index >= 15 is 0 Å². The van der Waals surface area contributed by atoms with Crippen LogP contribution in [0.15, 0.2) is 48.7 Å². The molecule has 2 nitrogen and oxygen atoms in total. The average Bonchev–Trinajstić information content (AvgIpc) is 2.79. The first-order valence-electron chi connectivity index (χ1n) is 7.42. The van der Waals surface area contributed by atoms with Crippen molar-refractivity contribution in [1.29, 1.82) is 0 Å². The van der Waals surface area contributed by atoms with Gasteiger partial charge in [-0.05, 0) is 30.2 Å². The first-order chi connectivity index (χ1) is 11.2. The van der Waals surface area contributed by atoms with E-state index in [2.05, 4.69) is 22.6 Å². The molecule has 0 unspecified atom stereocenters. The lowest BCUT2D eigenvalue weighted by atomic mass is 9.99. The van der Waals surface area contributed by atoms with Crippen LogP contribution in [0.3, 0.4) is 0 Å². The van der Waals surface area contributed by atoms with Gasteiger partial charge in [-0.15, -0.1) is 5.73 Å². The van der Waals surface area contributed by atoms with Crippen molar-refractivity contribution < 1.29 is 8.78 Å². The molecule has 0 fully saturated rings. The van der Waals surface area contributed by atoms with Gasteiger partial charge in [-0.25, -0.2) is 8.78 Å². The molecule has 4 rings (SSSR count). The van der Waals surface area contributed by atoms with Crippen LogP contribution < -0.4 is 5.32 Å². The quantitative estimate of drug-likeness (QED) is 0.641. The zero-order chi connectivity index (χ0) is 16.0. The molecule has 1 aromatic heterocycles. The smallest absolute Gasteiger partial charge is 0.135 e. The average molecular weight is 308 g/mol. The van der Waals surface area contributed by atoms with Gasteiger partial charge in [0.2, 0.25) is 0 Å². The summed E-state index contributed by atoms with van der Waals surface area (Å²) in [4.78, 5) is 3.29. The molecule has 0 saturated heterocycles. The first kappa shape index (κ1) is 13.8. The van der Waals surface area contributed by atoms with Crippen LogP contribution in [0.5, 0.6) is 0 Å². The highest BCUT2D eigenvalue weighted by Crippen LogP contribution is 2.37. The van der Waals surface area contributed by atoms with Crippen LogP contribution in [-0.4, -0.2) is 11.5 Å². The Bertz CT molecular complexity index is 978. The molecule has 1 aliphatic rings. The number of H-pyrrole nitrogens is 1. The van der Waals surface area contributed by atoms with Crippen LogP contribution in [-0.2, 0) is 6.42 Å². The molecule has 2 N–H and O–H groups in total. The fraction of sp³-hybridized carbons (Fsp3) is 0.105. The molecule has 3 aromatic rings. The number of halogens is 2. The van der Waals surface area contributed by atoms with E-state index in [-0.39, 0.29) is 0 Å². The molecular formula is C19H14F2N2. The standard InChI is InChI=1S/C19H14F2N2/c1-2-16-13-4-3-5-17-18(13)14(8-9-22-16)19(23-17)12-7-6-11(20)10-15(12)21/h3-7,10,22-23H,1,8-9H2. The molecule has 0 radical (unpaired) electrons. The molecule has 4 heteroatoms. The zero-order valence-corrected chi connectivity index (χ0v) is 12.3. The second-order valence-electron chi connectivity index (χ2n) is 5.56. The third kappa shape index (κ3) is 2.07. The molecule has 2 aromatic carbocycles. The third-order valence-corrected chi connectivity index (χ3v) is 4.25. The van der Waals surface area contributed by atoms with Crippen molar-refractivity contribution in [2.24, 2.45) is 0 Å². The maximum absolute atomic E-state index is 14.2. The van der Waals surface area contributed by atoms with Crippen molar-refractivity contribution in [3.8, 4) is 11.3 Å². The van der Waals surface area contributed by atoms with Crippen molar-refractivity contribution in [3.63, 3.8) is 0 Å². The SMILES string of the molecule is C=C=C1NCCc2c(-c3ccc(F)cc3F)[nH]c3cccc1c23. The topological polar surface area (TPSA) is 27.8 Å². The van der Waals surface area contributed by atoms with Crippen LogP contribution in [0.1, 0.15) is 11.1 Å². The Hall–Kier alpha value is -2.84. The van der Waals surface area contributed by atoms with E-state index in [0.29, 0.717) is 17.8 Å². The normalized spacial score (nSPS) is 13.6. The number of aromatic amines is 1. The van der Waals surface area contributed by atoms with Gasteiger partial charge < -0.3 is 10.3 Å². The van der Waals surface area contributed by atoms with Gasteiger partial charge in [0.1, 0.15) is 11.6 Å². The van der Waals surface area contributed by atoms with Crippen LogP contribution in [0.25, 0.3) is 27.9 Å². The van der Waals surface area contributed by atoms with E-state index in [4.69, 9.17) is 0 Å². The summed E-state index contributed by atoms with van der Waals surface area (Å²) in [6, 6.07) is 9.57. The van der Waals surface area contributed by atoms with Gasteiger partial charge in [-0.3, -0.25) is 0 Å². The number of rotatable bonds is 1. The Kier molecular flexibility index (Phi) is 3.07. The lowest BCUT2D eigenvalue weighted by molar-refractivity contribution is 0.585.